The van der Waals surface area contributed by atoms with Crippen LogP contribution < -0.4 is 5.73 Å². The van der Waals surface area contributed by atoms with E-state index < -0.39 is 0 Å². The topological polar surface area (TPSA) is 32.5 Å². The molecule has 0 aromatic heterocycles. The lowest BCUT2D eigenvalue weighted by Crippen LogP contribution is -2.58. The van der Waals surface area contributed by atoms with Crippen LogP contribution in [0.2, 0.25) is 0 Å². The van der Waals surface area contributed by atoms with Crippen LogP contribution in [0.25, 0.3) is 0 Å². The zero-order valence-electron chi connectivity index (χ0n) is 11.4. The Balaban J connectivity index is 1.84. The highest BCUT2D eigenvalue weighted by molar-refractivity contribution is 4.88. The van der Waals surface area contributed by atoms with E-state index in [-0.39, 0.29) is 0 Å². The average molecular weight is 239 g/mol. The number of nitrogens with zero attached hydrogens (tertiary/aromatic N) is 2. The van der Waals surface area contributed by atoms with Crippen molar-refractivity contribution in [3.8, 4) is 0 Å². The molecule has 0 spiro atoms. The summed E-state index contributed by atoms with van der Waals surface area (Å²) in [6, 6.07) is 1.47. The summed E-state index contributed by atoms with van der Waals surface area (Å²) in [5, 5.41) is 0. The summed E-state index contributed by atoms with van der Waals surface area (Å²) in [6.45, 7) is 8.22. The average Bonchev–Trinajstić information content (AvgIpc) is 2.39. The van der Waals surface area contributed by atoms with Crippen molar-refractivity contribution in [2.24, 2.45) is 5.73 Å². The van der Waals surface area contributed by atoms with Gasteiger partial charge in [0.05, 0.1) is 0 Å². The van der Waals surface area contributed by atoms with Gasteiger partial charge in [0.1, 0.15) is 0 Å². The quantitative estimate of drug-likeness (QED) is 0.792. The second-order valence-corrected chi connectivity index (χ2v) is 5.71. The van der Waals surface area contributed by atoms with Crippen LogP contribution in [0.3, 0.4) is 0 Å². The van der Waals surface area contributed by atoms with Crippen molar-refractivity contribution in [2.75, 3.05) is 32.7 Å². The molecule has 100 valence electrons. The smallest absolute Gasteiger partial charge is 0.0223 e. The van der Waals surface area contributed by atoms with Gasteiger partial charge < -0.3 is 5.73 Å². The molecule has 2 aliphatic heterocycles. The van der Waals surface area contributed by atoms with E-state index in [0.717, 1.165) is 12.6 Å². The third-order valence-corrected chi connectivity index (χ3v) is 4.55. The van der Waals surface area contributed by atoms with Crippen molar-refractivity contribution in [3.63, 3.8) is 0 Å². The van der Waals surface area contributed by atoms with Crippen molar-refractivity contribution in [2.45, 2.75) is 57.5 Å². The predicted octanol–water partition coefficient (Wildman–Crippen LogP) is 1.67. The van der Waals surface area contributed by atoms with Crippen molar-refractivity contribution in [3.05, 3.63) is 0 Å². The van der Waals surface area contributed by atoms with Gasteiger partial charge in [0, 0.05) is 38.3 Å². The lowest BCUT2D eigenvalue weighted by atomic mass is 9.97. The molecule has 2 aliphatic rings. The number of nitrogens with two attached hydrogens (primary N) is 1. The maximum Gasteiger partial charge on any atom is 0.0223 e. The number of hydrogen-bond acceptors (Lipinski definition) is 3. The SMILES string of the molecule is CCCCC(CN)N1CCN2CCCCC2C1. The van der Waals surface area contributed by atoms with E-state index in [9.17, 15) is 0 Å². The number of unbranched alkanes of at least 4 members (excludes halogenated alkanes) is 1. The van der Waals surface area contributed by atoms with Crippen LogP contribution in [0, 0.1) is 0 Å². The summed E-state index contributed by atoms with van der Waals surface area (Å²) in [7, 11) is 0. The predicted molar refractivity (Wildman–Crippen MR) is 73.2 cm³/mol. The van der Waals surface area contributed by atoms with E-state index in [1.54, 1.807) is 0 Å². The number of rotatable bonds is 5. The molecule has 3 heteroatoms. The highest BCUT2D eigenvalue weighted by Gasteiger charge is 2.31. The first-order chi connectivity index (χ1) is 8.35. The first-order valence-corrected chi connectivity index (χ1v) is 7.53. The van der Waals surface area contributed by atoms with Crippen LogP contribution in [-0.4, -0.2) is 54.6 Å². The fraction of sp³-hybridized carbons (Fsp3) is 1.00. The summed E-state index contributed by atoms with van der Waals surface area (Å²) < 4.78 is 0. The first kappa shape index (κ1) is 13.3. The Hall–Kier alpha value is -0.120. The minimum absolute atomic E-state index is 0.638. The number of piperidine rings is 1. The zero-order chi connectivity index (χ0) is 12.1. The maximum atomic E-state index is 5.96. The summed E-state index contributed by atoms with van der Waals surface area (Å²) in [5.41, 5.74) is 5.96. The van der Waals surface area contributed by atoms with Gasteiger partial charge in [0.15, 0.2) is 0 Å². The van der Waals surface area contributed by atoms with Crippen LogP contribution in [0.5, 0.6) is 0 Å². The van der Waals surface area contributed by atoms with Crippen LogP contribution in [0.4, 0.5) is 0 Å². The molecule has 0 aromatic carbocycles. The van der Waals surface area contributed by atoms with E-state index in [2.05, 4.69) is 16.7 Å². The molecule has 2 N–H and O–H groups in total. The summed E-state index contributed by atoms with van der Waals surface area (Å²) in [4.78, 5) is 5.37. The summed E-state index contributed by atoms with van der Waals surface area (Å²) >= 11 is 0. The normalized spacial score (nSPS) is 28.9. The van der Waals surface area contributed by atoms with Gasteiger partial charge in [-0.3, -0.25) is 9.80 Å². The lowest BCUT2D eigenvalue weighted by Gasteiger charge is -2.46. The lowest BCUT2D eigenvalue weighted by molar-refractivity contribution is 0.0267. The molecule has 0 amide bonds. The van der Waals surface area contributed by atoms with E-state index in [4.69, 9.17) is 5.73 Å². The minimum atomic E-state index is 0.638. The van der Waals surface area contributed by atoms with Crippen molar-refractivity contribution in [1.29, 1.82) is 0 Å². The molecule has 2 unspecified atom stereocenters. The van der Waals surface area contributed by atoms with Gasteiger partial charge in [0.2, 0.25) is 0 Å². The fourth-order valence-electron chi connectivity index (χ4n) is 3.40. The second kappa shape index (κ2) is 6.72. The van der Waals surface area contributed by atoms with Crippen LogP contribution in [0.1, 0.15) is 45.4 Å². The third-order valence-electron chi connectivity index (χ3n) is 4.55. The Morgan fingerprint density at radius 2 is 2.12 bits per heavy atom. The highest BCUT2D eigenvalue weighted by atomic mass is 15.3. The van der Waals surface area contributed by atoms with E-state index in [1.165, 1.54) is 64.7 Å². The Bertz CT molecular complexity index is 220. The van der Waals surface area contributed by atoms with E-state index in [1.807, 2.05) is 0 Å². The van der Waals surface area contributed by atoms with E-state index >= 15 is 0 Å². The number of fused-ring (bicyclic) bond motifs is 1. The Kier molecular flexibility index (Phi) is 5.26. The van der Waals surface area contributed by atoms with Crippen LogP contribution in [0.15, 0.2) is 0 Å². The molecule has 0 aliphatic carbocycles. The highest BCUT2D eigenvalue weighted by Crippen LogP contribution is 2.23. The summed E-state index contributed by atoms with van der Waals surface area (Å²) in [6.07, 6.45) is 8.15. The molecule has 0 saturated carbocycles. The first-order valence-electron chi connectivity index (χ1n) is 7.53. The van der Waals surface area contributed by atoms with Gasteiger partial charge in [-0.05, 0) is 25.8 Å². The molecule has 0 bridgehead atoms. The number of hydrogen-bond donors (Lipinski definition) is 1. The Labute approximate surface area is 106 Å². The third kappa shape index (κ3) is 3.43. The molecule has 2 fully saturated rings. The monoisotopic (exact) mass is 239 g/mol. The Morgan fingerprint density at radius 3 is 2.88 bits per heavy atom. The van der Waals surface area contributed by atoms with Gasteiger partial charge in [-0.1, -0.05) is 26.2 Å². The van der Waals surface area contributed by atoms with Gasteiger partial charge in [-0.25, -0.2) is 0 Å². The molecule has 0 aromatic rings. The largest absolute Gasteiger partial charge is 0.329 e. The molecule has 17 heavy (non-hydrogen) atoms. The molecule has 3 nitrogen and oxygen atoms in total. The van der Waals surface area contributed by atoms with Crippen molar-refractivity contribution < 1.29 is 0 Å². The molecule has 2 rings (SSSR count). The standard InChI is InChI=1S/C14H29N3/c1-2-3-6-13(11-15)17-10-9-16-8-5-4-7-14(16)12-17/h13-14H,2-12,15H2,1H3. The Morgan fingerprint density at radius 1 is 1.24 bits per heavy atom. The van der Waals surface area contributed by atoms with Gasteiger partial charge >= 0.3 is 0 Å². The molecule has 2 heterocycles. The fourth-order valence-corrected chi connectivity index (χ4v) is 3.40. The molecular formula is C14H29N3. The summed E-state index contributed by atoms with van der Waals surface area (Å²) in [5.74, 6) is 0. The maximum absolute atomic E-state index is 5.96. The van der Waals surface area contributed by atoms with E-state index in [0.29, 0.717) is 6.04 Å². The minimum Gasteiger partial charge on any atom is -0.329 e. The molecular weight excluding hydrogens is 210 g/mol. The number of piperazine rings is 1. The van der Waals surface area contributed by atoms with Gasteiger partial charge in [-0.15, -0.1) is 0 Å². The van der Waals surface area contributed by atoms with Crippen LogP contribution >= 0.6 is 0 Å². The molecule has 2 atom stereocenters. The molecule has 0 radical (unpaired) electrons. The zero-order valence-corrected chi connectivity index (χ0v) is 11.4. The van der Waals surface area contributed by atoms with Gasteiger partial charge in [0.25, 0.3) is 0 Å². The molecule has 2 saturated heterocycles. The van der Waals surface area contributed by atoms with Crippen molar-refractivity contribution >= 4 is 0 Å². The van der Waals surface area contributed by atoms with Gasteiger partial charge in [-0.2, -0.15) is 0 Å². The van der Waals surface area contributed by atoms with Crippen LogP contribution in [-0.2, 0) is 0 Å². The van der Waals surface area contributed by atoms with Crippen molar-refractivity contribution in [1.82, 2.24) is 9.80 Å². The second-order valence-electron chi connectivity index (χ2n) is 5.71.